The molecule has 0 radical (unpaired) electrons. The third-order valence-electron chi connectivity index (χ3n) is 1.18. The first-order chi connectivity index (χ1) is 3.89. The molecule has 1 aliphatic heterocycles. The van der Waals surface area contributed by atoms with E-state index in [1.807, 2.05) is 0 Å². The lowest BCUT2D eigenvalue weighted by atomic mass is 10.3. The Kier molecular flexibility index (Phi) is 1.97. The molecule has 0 aromatic rings. The van der Waals surface area contributed by atoms with Crippen molar-refractivity contribution in [1.29, 1.82) is 0 Å². The van der Waals surface area contributed by atoms with Gasteiger partial charge in [-0.1, -0.05) is 0 Å². The molecule has 3 heteroatoms. The summed E-state index contributed by atoms with van der Waals surface area (Å²) < 4.78 is 5.87. The van der Waals surface area contributed by atoms with Crippen molar-refractivity contribution in [2.24, 2.45) is 0 Å². The fourth-order valence-electron chi connectivity index (χ4n) is 0.723. The van der Waals surface area contributed by atoms with Crippen LogP contribution in [0.25, 0.3) is 0 Å². The molecule has 0 bridgehead atoms. The summed E-state index contributed by atoms with van der Waals surface area (Å²) in [6.07, 6.45) is 2.00. The first-order valence-electron chi connectivity index (χ1n) is 2.89. The second-order valence-electron chi connectivity index (χ2n) is 1.95. The highest BCUT2D eigenvalue weighted by Crippen LogP contribution is 1.95. The van der Waals surface area contributed by atoms with E-state index in [1.165, 1.54) is 0 Å². The van der Waals surface area contributed by atoms with Crippen molar-refractivity contribution >= 4 is 0 Å². The van der Waals surface area contributed by atoms with E-state index in [0.29, 0.717) is 6.54 Å². The van der Waals surface area contributed by atoms with Gasteiger partial charge in [0.1, 0.15) is 0 Å². The summed E-state index contributed by atoms with van der Waals surface area (Å²) in [6.45, 7) is 1.65. The molecule has 1 saturated heterocycles. The Morgan fingerprint density at radius 3 is 3.12 bits per heavy atom. The first kappa shape index (κ1) is 5.69. The molecule has 0 aliphatic carbocycles. The van der Waals surface area contributed by atoms with Crippen LogP contribution in [0.5, 0.6) is 0 Å². The molecular formula is C5H10NO2+. The fraction of sp³-hybridized carbons (Fsp3) is 1.00. The molecule has 0 aromatic heterocycles. The molecule has 3 nitrogen and oxygen atoms in total. The molecule has 1 fully saturated rings. The monoisotopic (exact) mass is 116 g/mol. The van der Waals surface area contributed by atoms with Crippen molar-refractivity contribution in [2.45, 2.75) is 12.8 Å². The highest BCUT2D eigenvalue weighted by molar-refractivity contribution is 4.37. The van der Waals surface area contributed by atoms with Crippen LogP contribution in [0.1, 0.15) is 12.8 Å². The van der Waals surface area contributed by atoms with E-state index < -0.39 is 0 Å². The highest BCUT2D eigenvalue weighted by atomic mass is 16.5. The zero-order chi connectivity index (χ0) is 5.82. The largest absolute Gasteiger partial charge is 0.320 e. The van der Waals surface area contributed by atoms with Crippen molar-refractivity contribution < 1.29 is 9.50 Å². The predicted molar refractivity (Wildman–Crippen MR) is 28.5 cm³/mol. The lowest BCUT2D eigenvalue weighted by Crippen LogP contribution is -2.09. The Morgan fingerprint density at radius 1 is 1.38 bits per heavy atom. The zero-order valence-corrected chi connectivity index (χ0v) is 4.80. The fourth-order valence-corrected chi connectivity index (χ4v) is 0.723. The van der Waals surface area contributed by atoms with Crippen LogP contribution < -0.4 is 0 Å². The molecule has 1 heterocycles. The van der Waals surface area contributed by atoms with E-state index in [-0.39, 0.29) is 6.73 Å². The van der Waals surface area contributed by atoms with Gasteiger partial charge in [0.25, 0.3) is 6.73 Å². The van der Waals surface area contributed by atoms with Crippen LogP contribution in [-0.2, 0) is 4.74 Å². The Labute approximate surface area is 48.2 Å². The highest BCUT2D eigenvalue weighted by Gasteiger charge is 2.10. The second kappa shape index (κ2) is 2.77. The second-order valence-corrected chi connectivity index (χ2v) is 1.95. The SMILES string of the molecule is O=[N+]1CCCCOC1. The lowest BCUT2D eigenvalue weighted by molar-refractivity contribution is -0.582. The molecule has 8 heavy (non-hydrogen) atoms. The van der Waals surface area contributed by atoms with Crippen molar-refractivity contribution in [3.63, 3.8) is 0 Å². The lowest BCUT2D eigenvalue weighted by Gasteiger charge is -1.86. The van der Waals surface area contributed by atoms with Crippen molar-refractivity contribution in [2.75, 3.05) is 19.9 Å². The third-order valence-corrected chi connectivity index (χ3v) is 1.18. The summed E-state index contributed by atoms with van der Waals surface area (Å²) in [7, 11) is 0. The van der Waals surface area contributed by atoms with Crippen LogP contribution in [0.4, 0.5) is 0 Å². The quantitative estimate of drug-likeness (QED) is 0.432. The van der Waals surface area contributed by atoms with Crippen LogP contribution in [0.3, 0.4) is 0 Å². The standard InChI is InChI=1S/C5H10NO2/c7-6-3-1-2-4-8-5-6/h1-5H2/q+1. The predicted octanol–water partition coefficient (Wildman–Crippen LogP) is 0.533. The smallest absolute Gasteiger partial charge is 0.295 e. The molecule has 1 aliphatic rings. The van der Waals surface area contributed by atoms with E-state index in [0.717, 1.165) is 24.2 Å². The van der Waals surface area contributed by atoms with Crippen molar-refractivity contribution in [1.82, 2.24) is 0 Å². The van der Waals surface area contributed by atoms with Gasteiger partial charge in [0.05, 0.1) is 6.61 Å². The van der Waals surface area contributed by atoms with Gasteiger partial charge < -0.3 is 4.74 Å². The molecule has 46 valence electrons. The van der Waals surface area contributed by atoms with E-state index in [2.05, 4.69) is 0 Å². The van der Waals surface area contributed by atoms with Crippen molar-refractivity contribution in [3.8, 4) is 0 Å². The summed E-state index contributed by atoms with van der Waals surface area (Å²) in [5.41, 5.74) is 0. The summed E-state index contributed by atoms with van der Waals surface area (Å²) in [5.74, 6) is 0. The van der Waals surface area contributed by atoms with E-state index in [1.54, 1.807) is 0 Å². The average Bonchev–Trinajstić information content (AvgIpc) is 1.94. The minimum atomic E-state index is 0.264. The van der Waals surface area contributed by atoms with Gasteiger partial charge in [-0.15, -0.1) is 0 Å². The maximum Gasteiger partial charge on any atom is 0.295 e. The Hall–Kier alpha value is -0.440. The van der Waals surface area contributed by atoms with Gasteiger partial charge in [0, 0.05) is 16.1 Å². The minimum absolute atomic E-state index is 0.264. The summed E-state index contributed by atoms with van der Waals surface area (Å²) in [5, 5.41) is 0. The summed E-state index contributed by atoms with van der Waals surface area (Å²) in [4.78, 5) is 10.5. The van der Waals surface area contributed by atoms with E-state index in [4.69, 9.17) is 4.74 Å². The number of ether oxygens (including phenoxy) is 1. The zero-order valence-electron chi connectivity index (χ0n) is 4.80. The number of nitrogens with zero attached hydrogens (tertiary/aromatic N) is 1. The summed E-state index contributed by atoms with van der Waals surface area (Å²) in [6, 6.07) is 0. The van der Waals surface area contributed by atoms with Gasteiger partial charge in [0.15, 0.2) is 6.54 Å². The molecule has 1 rings (SSSR count). The topological polar surface area (TPSA) is 29.3 Å². The number of hydrogen-bond acceptors (Lipinski definition) is 2. The van der Waals surface area contributed by atoms with Gasteiger partial charge in [0.2, 0.25) is 0 Å². The van der Waals surface area contributed by atoms with Gasteiger partial charge in [-0.2, -0.15) is 0 Å². The van der Waals surface area contributed by atoms with Crippen LogP contribution in [-0.4, -0.2) is 24.6 Å². The number of nitroso groups, excluding NO2 is 1. The maximum atomic E-state index is 10.5. The third kappa shape index (κ3) is 1.58. The molecule has 0 saturated carbocycles. The van der Waals surface area contributed by atoms with E-state index >= 15 is 0 Å². The van der Waals surface area contributed by atoms with Crippen LogP contribution in [0, 0.1) is 4.91 Å². The Morgan fingerprint density at radius 2 is 2.25 bits per heavy atom. The van der Waals surface area contributed by atoms with Crippen molar-refractivity contribution in [3.05, 3.63) is 4.91 Å². The normalized spacial score (nSPS) is 22.8. The molecule has 0 spiro atoms. The molecule has 0 atom stereocenters. The summed E-state index contributed by atoms with van der Waals surface area (Å²) >= 11 is 0. The van der Waals surface area contributed by atoms with Gasteiger partial charge in [-0.3, -0.25) is 0 Å². The van der Waals surface area contributed by atoms with Crippen LogP contribution in [0.15, 0.2) is 0 Å². The Bertz CT molecular complexity index is 82.4. The average molecular weight is 116 g/mol. The van der Waals surface area contributed by atoms with Gasteiger partial charge in [-0.25, -0.2) is 0 Å². The van der Waals surface area contributed by atoms with Gasteiger partial charge in [-0.05, 0) is 6.42 Å². The first-order valence-corrected chi connectivity index (χ1v) is 2.89. The van der Waals surface area contributed by atoms with Gasteiger partial charge >= 0.3 is 0 Å². The van der Waals surface area contributed by atoms with Crippen LogP contribution in [0.2, 0.25) is 0 Å². The minimum Gasteiger partial charge on any atom is -0.320 e. The van der Waals surface area contributed by atoms with Crippen LogP contribution >= 0.6 is 0 Å². The molecule has 0 unspecified atom stereocenters. The molecule has 0 N–H and O–H groups in total. The molecule has 0 amide bonds. The molecular weight excluding hydrogens is 106 g/mol. The molecule has 0 aromatic carbocycles. The number of rotatable bonds is 0. The number of hydrogen-bond donors (Lipinski definition) is 0. The van der Waals surface area contributed by atoms with E-state index in [9.17, 15) is 4.91 Å². The maximum absolute atomic E-state index is 10.5. The Balaban J connectivity index is 2.27.